The zero-order valence-corrected chi connectivity index (χ0v) is 18.7. The summed E-state index contributed by atoms with van der Waals surface area (Å²) in [5, 5.41) is 2.58. The lowest BCUT2D eigenvalue weighted by atomic mass is 10.1. The summed E-state index contributed by atoms with van der Waals surface area (Å²) in [5.41, 5.74) is 0.978. The van der Waals surface area contributed by atoms with E-state index in [1.807, 2.05) is 30.3 Å². The molecule has 166 valence electrons. The van der Waals surface area contributed by atoms with Gasteiger partial charge >= 0.3 is 0 Å². The molecule has 1 saturated heterocycles. The number of carbonyl (C=O) groups is 2. The molecule has 4 rings (SSSR count). The predicted molar refractivity (Wildman–Crippen MR) is 129 cm³/mol. The summed E-state index contributed by atoms with van der Waals surface area (Å²) >= 11 is 5.27. The molecule has 1 heterocycles. The first kappa shape index (κ1) is 22.0. The second-order valence-electron chi connectivity index (χ2n) is 6.97. The maximum Gasteiger partial charge on any atom is 0.270 e. The van der Waals surface area contributed by atoms with Gasteiger partial charge in [0.2, 0.25) is 0 Å². The smallest absolute Gasteiger partial charge is 0.270 e. The molecule has 3 aromatic rings. The summed E-state index contributed by atoms with van der Waals surface area (Å²) in [7, 11) is 3.04. The van der Waals surface area contributed by atoms with Crippen LogP contribution in [0.2, 0.25) is 0 Å². The van der Waals surface area contributed by atoms with Crippen LogP contribution < -0.4 is 24.4 Å². The second-order valence-corrected chi connectivity index (χ2v) is 7.36. The molecule has 0 radical (unpaired) electrons. The molecule has 8 heteroatoms. The van der Waals surface area contributed by atoms with Crippen LogP contribution in [0.1, 0.15) is 5.56 Å². The number of ether oxygens (including phenoxy) is 3. The molecule has 3 aromatic carbocycles. The Morgan fingerprint density at radius 3 is 2.18 bits per heavy atom. The molecule has 0 aliphatic carbocycles. The predicted octanol–water partition coefficient (Wildman–Crippen LogP) is 4.33. The molecule has 1 aliphatic rings. The third-order valence-corrected chi connectivity index (χ3v) is 5.20. The van der Waals surface area contributed by atoms with Crippen molar-refractivity contribution in [1.82, 2.24) is 5.32 Å². The first-order valence-electron chi connectivity index (χ1n) is 9.96. The summed E-state index contributed by atoms with van der Waals surface area (Å²) in [4.78, 5) is 27.1. The van der Waals surface area contributed by atoms with Crippen LogP contribution in [-0.2, 0) is 9.59 Å². The Labute approximate surface area is 196 Å². The lowest BCUT2D eigenvalue weighted by molar-refractivity contribution is -0.122. The molecular formula is C25H20N2O5S. The molecule has 0 saturated carbocycles. The van der Waals surface area contributed by atoms with Crippen LogP contribution in [0.15, 0.2) is 78.4 Å². The Bertz CT molecular complexity index is 1240. The van der Waals surface area contributed by atoms with Crippen LogP contribution in [-0.4, -0.2) is 31.1 Å². The fraction of sp³-hybridized carbons (Fsp3) is 0.0800. The highest BCUT2D eigenvalue weighted by atomic mass is 32.1. The van der Waals surface area contributed by atoms with Crippen molar-refractivity contribution in [3.8, 4) is 23.0 Å². The minimum absolute atomic E-state index is 0.000531. The van der Waals surface area contributed by atoms with Crippen molar-refractivity contribution in [2.24, 2.45) is 0 Å². The van der Waals surface area contributed by atoms with Gasteiger partial charge in [-0.25, -0.2) is 0 Å². The van der Waals surface area contributed by atoms with Gasteiger partial charge in [-0.15, -0.1) is 0 Å². The van der Waals surface area contributed by atoms with Gasteiger partial charge in [0.1, 0.15) is 28.6 Å². The third-order valence-electron chi connectivity index (χ3n) is 4.92. The molecule has 1 N–H and O–H groups in total. The Kier molecular flexibility index (Phi) is 6.37. The first-order valence-corrected chi connectivity index (χ1v) is 10.4. The van der Waals surface area contributed by atoms with Gasteiger partial charge in [-0.2, -0.15) is 0 Å². The molecule has 0 spiro atoms. The van der Waals surface area contributed by atoms with Crippen molar-refractivity contribution in [2.45, 2.75) is 0 Å². The Hall–Kier alpha value is -4.17. The van der Waals surface area contributed by atoms with Crippen molar-refractivity contribution >= 4 is 40.9 Å². The van der Waals surface area contributed by atoms with E-state index in [4.69, 9.17) is 26.4 Å². The number of carbonyl (C=O) groups excluding carboxylic acids is 2. The molecule has 0 atom stereocenters. The van der Waals surface area contributed by atoms with Gasteiger partial charge in [0.25, 0.3) is 11.8 Å². The van der Waals surface area contributed by atoms with Gasteiger partial charge in [-0.1, -0.05) is 18.2 Å². The summed E-state index contributed by atoms with van der Waals surface area (Å²) in [5.74, 6) is 1.23. The van der Waals surface area contributed by atoms with Gasteiger partial charge in [-0.05, 0) is 66.8 Å². The highest BCUT2D eigenvalue weighted by Gasteiger charge is 2.34. The van der Waals surface area contributed by atoms with E-state index in [0.717, 1.165) is 0 Å². The molecule has 1 fully saturated rings. The zero-order chi connectivity index (χ0) is 23.4. The average Bonchev–Trinajstić information content (AvgIpc) is 2.83. The number of methoxy groups -OCH3 is 2. The van der Waals surface area contributed by atoms with Crippen LogP contribution in [0, 0.1) is 0 Å². The number of para-hydroxylation sites is 1. The fourth-order valence-corrected chi connectivity index (χ4v) is 3.55. The monoisotopic (exact) mass is 460 g/mol. The quantitative estimate of drug-likeness (QED) is 0.335. The van der Waals surface area contributed by atoms with Crippen molar-refractivity contribution in [3.63, 3.8) is 0 Å². The molecule has 2 amide bonds. The number of anilines is 1. The minimum atomic E-state index is -0.580. The molecule has 7 nitrogen and oxygen atoms in total. The van der Waals surface area contributed by atoms with Crippen molar-refractivity contribution < 1.29 is 23.8 Å². The number of rotatable bonds is 6. The van der Waals surface area contributed by atoms with Crippen molar-refractivity contribution in [2.75, 3.05) is 19.1 Å². The van der Waals surface area contributed by atoms with E-state index >= 15 is 0 Å². The number of hydrogen-bond donors (Lipinski definition) is 1. The Morgan fingerprint density at radius 1 is 0.848 bits per heavy atom. The lowest BCUT2D eigenvalue weighted by Gasteiger charge is -2.29. The maximum absolute atomic E-state index is 13.3. The van der Waals surface area contributed by atoms with Crippen molar-refractivity contribution in [3.05, 3.63) is 83.9 Å². The number of amides is 2. The van der Waals surface area contributed by atoms with Gasteiger partial charge in [-0.3, -0.25) is 19.8 Å². The normalized spacial score (nSPS) is 14.8. The number of nitrogens with zero attached hydrogens (tertiary/aromatic N) is 1. The molecule has 1 aliphatic heterocycles. The molecule has 0 bridgehead atoms. The van der Waals surface area contributed by atoms with E-state index < -0.39 is 11.8 Å². The molecule has 0 aromatic heterocycles. The highest BCUT2D eigenvalue weighted by Crippen LogP contribution is 2.30. The highest BCUT2D eigenvalue weighted by molar-refractivity contribution is 7.80. The number of thiocarbonyl (C=S) groups is 1. The van der Waals surface area contributed by atoms with E-state index in [1.54, 1.807) is 49.6 Å². The summed E-state index contributed by atoms with van der Waals surface area (Å²) in [6.45, 7) is 0. The van der Waals surface area contributed by atoms with Gasteiger partial charge < -0.3 is 14.2 Å². The molecule has 0 unspecified atom stereocenters. The Morgan fingerprint density at radius 2 is 1.52 bits per heavy atom. The van der Waals surface area contributed by atoms with Gasteiger partial charge in [0.15, 0.2) is 5.11 Å². The van der Waals surface area contributed by atoms with Crippen molar-refractivity contribution in [1.29, 1.82) is 0 Å². The second kappa shape index (κ2) is 9.54. The average molecular weight is 461 g/mol. The number of benzene rings is 3. The first-order chi connectivity index (χ1) is 16.0. The summed E-state index contributed by atoms with van der Waals surface area (Å²) in [6, 6.07) is 21.3. The zero-order valence-electron chi connectivity index (χ0n) is 17.9. The van der Waals surface area contributed by atoms with Crippen LogP contribution in [0.3, 0.4) is 0 Å². The number of nitrogens with one attached hydrogen (secondary N) is 1. The van der Waals surface area contributed by atoms with Crippen LogP contribution >= 0.6 is 12.2 Å². The van der Waals surface area contributed by atoms with E-state index in [-0.39, 0.29) is 10.7 Å². The Balaban J connectivity index is 1.62. The topological polar surface area (TPSA) is 77.1 Å². The summed E-state index contributed by atoms with van der Waals surface area (Å²) in [6.07, 6.45) is 1.47. The molecule has 33 heavy (non-hydrogen) atoms. The fourth-order valence-electron chi connectivity index (χ4n) is 3.27. The van der Waals surface area contributed by atoms with Gasteiger partial charge in [0.05, 0.1) is 19.9 Å². The largest absolute Gasteiger partial charge is 0.497 e. The van der Waals surface area contributed by atoms with Crippen LogP contribution in [0.25, 0.3) is 6.08 Å². The standard InChI is InChI=1S/C25H20N2O5S/c1-30-20-11-8-16(22(15-20)31-2)14-21-23(28)26-25(33)27(24(21)29)17-9-12-19(13-10-17)32-18-6-4-3-5-7-18/h3-15H,1-2H3,(H,26,28,33). The van der Waals surface area contributed by atoms with Gasteiger partial charge in [0, 0.05) is 11.6 Å². The minimum Gasteiger partial charge on any atom is -0.497 e. The maximum atomic E-state index is 13.3. The van der Waals surface area contributed by atoms with Crippen LogP contribution in [0.5, 0.6) is 23.0 Å². The summed E-state index contributed by atoms with van der Waals surface area (Å²) < 4.78 is 16.4. The van der Waals surface area contributed by atoms with E-state index in [2.05, 4.69) is 5.32 Å². The molecular weight excluding hydrogens is 440 g/mol. The van der Waals surface area contributed by atoms with E-state index in [1.165, 1.54) is 18.1 Å². The SMILES string of the molecule is COc1ccc(C=C2C(=O)NC(=S)N(c3ccc(Oc4ccccc4)cc3)C2=O)c(OC)c1. The van der Waals surface area contributed by atoms with E-state index in [9.17, 15) is 9.59 Å². The number of hydrogen-bond acceptors (Lipinski definition) is 6. The van der Waals surface area contributed by atoms with Crippen LogP contribution in [0.4, 0.5) is 5.69 Å². The lowest BCUT2D eigenvalue weighted by Crippen LogP contribution is -2.54. The van der Waals surface area contributed by atoms with E-state index in [0.29, 0.717) is 34.2 Å². The third kappa shape index (κ3) is 4.70.